The van der Waals surface area contributed by atoms with E-state index in [2.05, 4.69) is 244 Å². The van der Waals surface area contributed by atoms with Crippen LogP contribution in [0.1, 0.15) is 0 Å². The first-order valence-electron chi connectivity index (χ1n) is 21.5. The normalized spacial score (nSPS) is 11.8. The molecule has 0 atom stereocenters. The molecule has 0 fully saturated rings. The van der Waals surface area contributed by atoms with Crippen molar-refractivity contribution in [1.29, 1.82) is 0 Å². The fourth-order valence-electron chi connectivity index (χ4n) is 10.0. The Morgan fingerprint density at radius 2 is 0.714 bits per heavy atom. The summed E-state index contributed by atoms with van der Waals surface area (Å²) in [4.78, 5) is 5.18. The molecule has 13 rings (SSSR count). The summed E-state index contributed by atoms with van der Waals surface area (Å²) in [6.45, 7) is 0. The maximum Gasteiger partial charge on any atom is 0.0730 e. The Kier molecular flexibility index (Phi) is 7.87. The van der Waals surface area contributed by atoms with Gasteiger partial charge in [0.25, 0.3) is 0 Å². The van der Waals surface area contributed by atoms with Crippen molar-refractivity contribution in [2.45, 2.75) is 0 Å². The summed E-state index contributed by atoms with van der Waals surface area (Å²) in [6.07, 6.45) is 0. The molecule has 0 unspecified atom stereocenters. The van der Waals surface area contributed by atoms with Gasteiger partial charge in [-0.3, -0.25) is 0 Å². The number of hydrogen-bond acceptors (Lipinski definition) is 1. The van der Waals surface area contributed by atoms with E-state index in [1.54, 1.807) is 0 Å². The minimum absolute atomic E-state index is 0.945. The van der Waals surface area contributed by atoms with Crippen LogP contribution in [0.3, 0.4) is 0 Å². The van der Waals surface area contributed by atoms with Crippen LogP contribution in [0.2, 0.25) is 0 Å². The highest BCUT2D eigenvalue weighted by molar-refractivity contribution is 6.26. The molecule has 0 spiro atoms. The zero-order valence-corrected chi connectivity index (χ0v) is 34.2. The Morgan fingerprint density at radius 3 is 1.37 bits per heavy atom. The Morgan fingerprint density at radius 1 is 0.254 bits per heavy atom. The second-order valence-electron chi connectivity index (χ2n) is 16.4. The largest absolute Gasteiger partial charge is 0.309 e. The number of hydrogen-bond donors (Lipinski definition) is 0. The van der Waals surface area contributed by atoms with E-state index in [1.165, 1.54) is 65.5 Å². The summed E-state index contributed by atoms with van der Waals surface area (Å²) in [5.41, 5.74) is 16.9. The van der Waals surface area contributed by atoms with Crippen LogP contribution in [-0.4, -0.2) is 18.7 Å². The first kappa shape index (κ1) is 35.3. The topological polar surface area (TPSA) is 27.7 Å². The molecule has 13 aromatic rings. The van der Waals surface area contributed by atoms with E-state index in [0.29, 0.717) is 0 Å². The fraction of sp³-hybridized carbons (Fsp3) is 0. The van der Waals surface area contributed by atoms with Crippen molar-refractivity contribution in [3.63, 3.8) is 0 Å². The monoisotopic (exact) mass is 802 g/mol. The van der Waals surface area contributed by atoms with Crippen LogP contribution in [0.25, 0.3) is 116 Å². The second kappa shape index (κ2) is 14.1. The summed E-state index contributed by atoms with van der Waals surface area (Å²) in [6, 6.07) is 83.2. The Bertz CT molecular complexity index is 3820. The van der Waals surface area contributed by atoms with Crippen molar-refractivity contribution in [3.8, 4) is 50.7 Å². The van der Waals surface area contributed by atoms with Crippen molar-refractivity contribution in [2.24, 2.45) is 0 Å². The van der Waals surface area contributed by atoms with E-state index in [4.69, 9.17) is 4.98 Å². The van der Waals surface area contributed by atoms with Gasteiger partial charge in [0.2, 0.25) is 0 Å². The number of rotatable bonds is 6. The van der Waals surface area contributed by atoms with Crippen molar-refractivity contribution < 1.29 is 0 Å². The fourth-order valence-corrected chi connectivity index (χ4v) is 10.0. The number of aromatic nitrogens is 4. The van der Waals surface area contributed by atoms with Crippen LogP contribution in [-0.2, 0) is 0 Å². The van der Waals surface area contributed by atoms with Gasteiger partial charge in [-0.15, -0.1) is 0 Å². The highest BCUT2D eigenvalue weighted by atomic mass is 15.0. The molecule has 4 nitrogen and oxygen atoms in total. The van der Waals surface area contributed by atoms with Gasteiger partial charge in [0.1, 0.15) is 0 Å². The van der Waals surface area contributed by atoms with Crippen LogP contribution < -0.4 is 0 Å². The number of nitrogens with zero attached hydrogens (tertiary/aromatic N) is 4. The average Bonchev–Trinajstić information content (AvgIpc) is 4.00. The van der Waals surface area contributed by atoms with Crippen molar-refractivity contribution in [2.75, 3.05) is 0 Å². The van der Waals surface area contributed by atoms with Gasteiger partial charge in [-0.2, -0.15) is 0 Å². The first-order chi connectivity index (χ1) is 31.3. The van der Waals surface area contributed by atoms with Crippen molar-refractivity contribution >= 4 is 65.4 Å². The molecule has 4 heteroatoms. The Labute approximate surface area is 363 Å². The van der Waals surface area contributed by atoms with E-state index in [9.17, 15) is 0 Å². The summed E-state index contributed by atoms with van der Waals surface area (Å²) < 4.78 is 7.27. The molecule has 0 bridgehead atoms. The van der Waals surface area contributed by atoms with E-state index < -0.39 is 0 Å². The average molecular weight is 803 g/mol. The third-order valence-corrected chi connectivity index (χ3v) is 12.8. The van der Waals surface area contributed by atoms with Gasteiger partial charge in [0, 0.05) is 54.8 Å². The molecular weight excluding hydrogens is 765 g/mol. The van der Waals surface area contributed by atoms with Crippen molar-refractivity contribution in [1.82, 2.24) is 18.7 Å². The zero-order chi connectivity index (χ0) is 41.4. The van der Waals surface area contributed by atoms with Crippen LogP contribution in [0.4, 0.5) is 0 Å². The number of benzene rings is 9. The van der Waals surface area contributed by atoms with E-state index in [0.717, 1.165) is 50.6 Å². The van der Waals surface area contributed by atoms with Gasteiger partial charge in [0.15, 0.2) is 0 Å². The molecule has 0 saturated carbocycles. The molecule has 0 aliphatic carbocycles. The molecule has 0 radical (unpaired) electrons. The van der Waals surface area contributed by atoms with Crippen LogP contribution in [0.15, 0.2) is 231 Å². The predicted octanol–water partition coefficient (Wildman–Crippen LogP) is 15.4. The number of fused-ring (bicyclic) bond motifs is 10. The molecule has 0 saturated heterocycles. The van der Waals surface area contributed by atoms with Gasteiger partial charge in [0.05, 0.1) is 50.2 Å². The third-order valence-electron chi connectivity index (χ3n) is 12.8. The lowest BCUT2D eigenvalue weighted by molar-refractivity contribution is 1.16. The molecule has 4 heterocycles. The van der Waals surface area contributed by atoms with Crippen LogP contribution in [0.5, 0.6) is 0 Å². The molecule has 9 aromatic carbocycles. The quantitative estimate of drug-likeness (QED) is 0.165. The molecule has 0 aliphatic rings. The zero-order valence-electron chi connectivity index (χ0n) is 34.2. The molecule has 0 amide bonds. The standard InChI is InChI=1S/C59H38N4/c1-4-16-40(17-5-1)51-37-45(38-52(60-51)41-18-6-2-7-19-41)62-53-25-13-11-23-47(53)50-36-42(30-34-56(50)62)39-28-31-44(32-29-39)61-55-27-15-12-24-49(55)58-57(61)35-33-48-46-22-10-14-26-54(46)63(59(48)58)43-20-8-3-9-21-43/h1-38H. The van der Waals surface area contributed by atoms with E-state index in [-0.39, 0.29) is 0 Å². The van der Waals surface area contributed by atoms with Gasteiger partial charge in [-0.25, -0.2) is 4.98 Å². The Hall–Kier alpha value is -8.47. The highest BCUT2D eigenvalue weighted by Crippen LogP contribution is 2.43. The first-order valence-corrected chi connectivity index (χ1v) is 21.5. The van der Waals surface area contributed by atoms with Gasteiger partial charge >= 0.3 is 0 Å². The lowest BCUT2D eigenvalue weighted by Gasteiger charge is -2.13. The molecule has 0 aliphatic heterocycles. The summed E-state index contributed by atoms with van der Waals surface area (Å²) in [5, 5.41) is 7.45. The van der Waals surface area contributed by atoms with Gasteiger partial charge in [-0.05, 0) is 83.9 Å². The lowest BCUT2D eigenvalue weighted by atomic mass is 10.0. The minimum Gasteiger partial charge on any atom is -0.309 e. The Balaban J connectivity index is 0.956. The maximum atomic E-state index is 5.18. The van der Waals surface area contributed by atoms with Crippen molar-refractivity contribution in [3.05, 3.63) is 231 Å². The second-order valence-corrected chi connectivity index (χ2v) is 16.4. The molecular formula is C59H38N4. The lowest BCUT2D eigenvalue weighted by Crippen LogP contribution is -1.98. The molecule has 4 aromatic heterocycles. The number of para-hydroxylation sites is 4. The highest BCUT2D eigenvalue weighted by Gasteiger charge is 2.21. The van der Waals surface area contributed by atoms with Gasteiger partial charge in [-0.1, -0.05) is 158 Å². The number of pyridine rings is 1. The van der Waals surface area contributed by atoms with Gasteiger partial charge < -0.3 is 13.7 Å². The summed E-state index contributed by atoms with van der Waals surface area (Å²) in [7, 11) is 0. The third kappa shape index (κ3) is 5.52. The minimum atomic E-state index is 0.945. The summed E-state index contributed by atoms with van der Waals surface area (Å²) >= 11 is 0. The summed E-state index contributed by atoms with van der Waals surface area (Å²) in [5.74, 6) is 0. The smallest absolute Gasteiger partial charge is 0.0730 e. The van der Waals surface area contributed by atoms with Crippen LogP contribution in [0, 0.1) is 0 Å². The predicted molar refractivity (Wildman–Crippen MR) is 264 cm³/mol. The molecule has 0 N–H and O–H groups in total. The molecule has 63 heavy (non-hydrogen) atoms. The molecule has 294 valence electrons. The maximum absolute atomic E-state index is 5.18. The van der Waals surface area contributed by atoms with Crippen LogP contribution >= 0.6 is 0 Å². The van der Waals surface area contributed by atoms with E-state index in [1.807, 2.05) is 0 Å². The van der Waals surface area contributed by atoms with E-state index >= 15 is 0 Å². The SMILES string of the molecule is c1ccc(-c2cc(-n3c4ccccc4c4cc(-c5ccc(-n6c7ccccc7c7c6ccc6c8ccccc8n(-c8ccccc8)c67)cc5)ccc43)cc(-c3ccccc3)n2)cc1.